The Morgan fingerprint density at radius 2 is 1.96 bits per heavy atom. The number of aryl methyl sites for hydroxylation is 1. The highest BCUT2D eigenvalue weighted by molar-refractivity contribution is 6.34. The summed E-state index contributed by atoms with van der Waals surface area (Å²) in [7, 11) is 0. The predicted molar refractivity (Wildman–Crippen MR) is 104 cm³/mol. The Bertz CT molecular complexity index is 945. The zero-order chi connectivity index (χ0) is 18.5. The van der Waals surface area contributed by atoms with Gasteiger partial charge in [-0.3, -0.25) is 9.78 Å². The van der Waals surface area contributed by atoms with Gasteiger partial charge in [-0.05, 0) is 36.8 Å². The van der Waals surface area contributed by atoms with E-state index < -0.39 is 0 Å². The summed E-state index contributed by atoms with van der Waals surface area (Å²) in [6.07, 6.45) is 3.17. The molecule has 0 saturated carbocycles. The summed E-state index contributed by atoms with van der Waals surface area (Å²) >= 11 is 12.1. The first-order valence-corrected chi connectivity index (χ1v) is 8.68. The van der Waals surface area contributed by atoms with Crippen LogP contribution in [0.15, 0.2) is 60.9 Å². The first-order valence-electron chi connectivity index (χ1n) is 7.92. The number of carbonyl (C=O) groups is 1. The Morgan fingerprint density at radius 1 is 1.15 bits per heavy atom. The fourth-order valence-electron chi connectivity index (χ4n) is 2.41. The molecule has 1 heterocycles. The van der Waals surface area contributed by atoms with Crippen LogP contribution in [0.1, 0.15) is 21.5 Å². The van der Waals surface area contributed by atoms with Gasteiger partial charge in [0, 0.05) is 40.3 Å². The van der Waals surface area contributed by atoms with Crippen LogP contribution in [-0.4, -0.2) is 10.9 Å². The molecule has 3 aromatic rings. The Kier molecular flexibility index (Phi) is 5.76. The van der Waals surface area contributed by atoms with Crippen LogP contribution in [0.5, 0.6) is 5.75 Å². The second-order valence-electron chi connectivity index (χ2n) is 5.67. The summed E-state index contributed by atoms with van der Waals surface area (Å²) in [5, 5.41) is 3.89. The lowest BCUT2D eigenvalue weighted by Gasteiger charge is -2.13. The zero-order valence-corrected chi connectivity index (χ0v) is 15.5. The molecule has 0 bridgehead atoms. The monoisotopic (exact) mass is 386 g/mol. The summed E-state index contributed by atoms with van der Waals surface area (Å²) in [6, 6.07) is 14.2. The third kappa shape index (κ3) is 4.34. The molecule has 0 unspecified atom stereocenters. The van der Waals surface area contributed by atoms with Crippen molar-refractivity contribution in [1.82, 2.24) is 4.98 Å². The van der Waals surface area contributed by atoms with Gasteiger partial charge in [0.15, 0.2) is 0 Å². The average Bonchev–Trinajstić information content (AvgIpc) is 2.64. The third-order valence-corrected chi connectivity index (χ3v) is 4.37. The van der Waals surface area contributed by atoms with E-state index in [9.17, 15) is 4.79 Å². The number of carbonyl (C=O) groups excluding carboxylic acids is 1. The molecule has 0 saturated heterocycles. The zero-order valence-electron chi connectivity index (χ0n) is 14.0. The van der Waals surface area contributed by atoms with E-state index >= 15 is 0 Å². The minimum atomic E-state index is -0.225. The second-order valence-corrected chi connectivity index (χ2v) is 6.51. The predicted octanol–water partition coefficient (Wildman–Crippen LogP) is 5.53. The maximum absolute atomic E-state index is 12.7. The highest BCUT2D eigenvalue weighted by atomic mass is 35.5. The van der Waals surface area contributed by atoms with Gasteiger partial charge in [-0.25, -0.2) is 0 Å². The van der Waals surface area contributed by atoms with Crippen LogP contribution < -0.4 is 10.1 Å². The van der Waals surface area contributed by atoms with Gasteiger partial charge in [0.1, 0.15) is 12.4 Å². The molecule has 1 aromatic heterocycles. The van der Waals surface area contributed by atoms with Crippen molar-refractivity contribution in [3.05, 3.63) is 87.7 Å². The Hall–Kier alpha value is -2.56. The lowest BCUT2D eigenvalue weighted by atomic mass is 10.1. The molecule has 0 radical (unpaired) electrons. The van der Waals surface area contributed by atoms with Crippen LogP contribution >= 0.6 is 23.2 Å². The standard InChI is InChI=1S/C20H16Cl2N2O2/c1-13-4-2-3-5-18(13)24-20(25)16-8-9-23-11-14(16)12-26-19-10-15(21)6-7-17(19)22/h2-11H,12H2,1H3,(H,24,25). The van der Waals surface area contributed by atoms with Crippen LogP contribution in [-0.2, 0) is 6.61 Å². The lowest BCUT2D eigenvalue weighted by molar-refractivity contribution is 0.102. The van der Waals surface area contributed by atoms with E-state index in [1.807, 2.05) is 31.2 Å². The molecule has 1 N–H and O–H groups in total. The first kappa shape index (κ1) is 18.2. The van der Waals surface area contributed by atoms with Gasteiger partial charge in [0.25, 0.3) is 5.91 Å². The number of halogens is 2. The number of rotatable bonds is 5. The lowest BCUT2D eigenvalue weighted by Crippen LogP contribution is -2.16. The Labute approximate surface area is 161 Å². The van der Waals surface area contributed by atoms with Crippen molar-refractivity contribution in [3.8, 4) is 5.75 Å². The topological polar surface area (TPSA) is 51.2 Å². The molecular formula is C20H16Cl2N2O2. The van der Waals surface area contributed by atoms with Gasteiger partial charge in [0.05, 0.1) is 5.02 Å². The maximum atomic E-state index is 12.7. The van der Waals surface area contributed by atoms with Gasteiger partial charge in [0.2, 0.25) is 0 Å². The molecule has 2 aromatic carbocycles. The normalized spacial score (nSPS) is 10.4. The molecule has 26 heavy (non-hydrogen) atoms. The Balaban J connectivity index is 1.78. The number of nitrogens with one attached hydrogen (secondary N) is 1. The molecule has 132 valence electrons. The van der Waals surface area contributed by atoms with Crippen molar-refractivity contribution >= 4 is 34.8 Å². The van der Waals surface area contributed by atoms with Crippen LogP contribution in [0.25, 0.3) is 0 Å². The summed E-state index contributed by atoms with van der Waals surface area (Å²) < 4.78 is 5.73. The fraction of sp³-hybridized carbons (Fsp3) is 0.100. The van der Waals surface area contributed by atoms with Crippen molar-refractivity contribution in [3.63, 3.8) is 0 Å². The average molecular weight is 387 g/mol. The number of hydrogen-bond donors (Lipinski definition) is 1. The highest BCUT2D eigenvalue weighted by Crippen LogP contribution is 2.28. The molecule has 0 fully saturated rings. The SMILES string of the molecule is Cc1ccccc1NC(=O)c1ccncc1COc1cc(Cl)ccc1Cl. The summed E-state index contributed by atoms with van der Waals surface area (Å²) in [6.45, 7) is 2.08. The number of hydrogen-bond acceptors (Lipinski definition) is 3. The van der Waals surface area contributed by atoms with Crippen molar-refractivity contribution in [2.24, 2.45) is 0 Å². The molecule has 6 heteroatoms. The van der Waals surface area contributed by atoms with Crippen molar-refractivity contribution in [1.29, 1.82) is 0 Å². The van der Waals surface area contributed by atoms with Gasteiger partial charge in [-0.15, -0.1) is 0 Å². The third-order valence-electron chi connectivity index (χ3n) is 3.82. The van der Waals surface area contributed by atoms with E-state index in [2.05, 4.69) is 10.3 Å². The van der Waals surface area contributed by atoms with E-state index in [1.165, 1.54) is 0 Å². The summed E-state index contributed by atoms with van der Waals surface area (Å²) in [5.41, 5.74) is 2.88. The van der Waals surface area contributed by atoms with Crippen molar-refractivity contribution < 1.29 is 9.53 Å². The molecule has 0 aliphatic heterocycles. The minimum Gasteiger partial charge on any atom is -0.487 e. The van der Waals surface area contributed by atoms with E-state index in [4.69, 9.17) is 27.9 Å². The van der Waals surface area contributed by atoms with Crippen molar-refractivity contribution in [2.75, 3.05) is 5.32 Å². The number of ether oxygens (including phenoxy) is 1. The molecule has 3 rings (SSSR count). The summed E-state index contributed by atoms with van der Waals surface area (Å²) in [4.78, 5) is 16.8. The van der Waals surface area contributed by atoms with E-state index in [0.717, 1.165) is 11.3 Å². The number of benzene rings is 2. The van der Waals surface area contributed by atoms with Gasteiger partial charge in [-0.2, -0.15) is 0 Å². The minimum absolute atomic E-state index is 0.143. The van der Waals surface area contributed by atoms with Crippen LogP contribution in [0.4, 0.5) is 5.69 Å². The van der Waals surface area contributed by atoms with Crippen molar-refractivity contribution in [2.45, 2.75) is 13.5 Å². The van der Waals surface area contributed by atoms with E-state index in [1.54, 1.807) is 36.7 Å². The van der Waals surface area contributed by atoms with Crippen LogP contribution in [0.3, 0.4) is 0 Å². The number of nitrogens with zero attached hydrogens (tertiary/aromatic N) is 1. The number of pyridine rings is 1. The highest BCUT2D eigenvalue weighted by Gasteiger charge is 2.14. The van der Waals surface area contributed by atoms with E-state index in [0.29, 0.717) is 26.9 Å². The van der Waals surface area contributed by atoms with Crippen LogP contribution in [0.2, 0.25) is 10.0 Å². The number of amides is 1. The molecule has 4 nitrogen and oxygen atoms in total. The van der Waals surface area contributed by atoms with E-state index in [-0.39, 0.29) is 12.5 Å². The molecule has 0 aliphatic rings. The molecule has 0 aliphatic carbocycles. The first-order chi connectivity index (χ1) is 12.5. The molecule has 0 atom stereocenters. The molecule has 1 amide bonds. The second kappa shape index (κ2) is 8.21. The number of para-hydroxylation sites is 1. The smallest absolute Gasteiger partial charge is 0.256 e. The number of aromatic nitrogens is 1. The largest absolute Gasteiger partial charge is 0.487 e. The molecule has 0 spiro atoms. The van der Waals surface area contributed by atoms with Gasteiger partial charge in [-0.1, -0.05) is 41.4 Å². The maximum Gasteiger partial charge on any atom is 0.256 e. The summed E-state index contributed by atoms with van der Waals surface area (Å²) in [5.74, 6) is 0.228. The fourth-order valence-corrected chi connectivity index (χ4v) is 2.74. The number of anilines is 1. The van der Waals surface area contributed by atoms with Gasteiger partial charge >= 0.3 is 0 Å². The van der Waals surface area contributed by atoms with Crippen LogP contribution in [0, 0.1) is 6.92 Å². The Morgan fingerprint density at radius 3 is 2.77 bits per heavy atom. The van der Waals surface area contributed by atoms with Gasteiger partial charge < -0.3 is 10.1 Å². The molecular weight excluding hydrogens is 371 g/mol. The quantitative estimate of drug-likeness (QED) is 0.627.